The second kappa shape index (κ2) is 5.01. The lowest BCUT2D eigenvalue weighted by Gasteiger charge is -2.11. The molecule has 7 nitrogen and oxygen atoms in total. The SMILES string of the molecule is CC(COC=O)c1cc2c(cc1[N+](=O)[O-])COO2. The van der Waals surface area contributed by atoms with E-state index >= 15 is 0 Å². The molecule has 0 amide bonds. The fourth-order valence-corrected chi connectivity index (χ4v) is 1.80. The average molecular weight is 253 g/mol. The number of hydrogen-bond donors (Lipinski definition) is 0. The molecule has 0 saturated heterocycles. The number of rotatable bonds is 5. The van der Waals surface area contributed by atoms with Gasteiger partial charge in [-0.3, -0.25) is 14.9 Å². The van der Waals surface area contributed by atoms with Crippen LogP contribution in [0.2, 0.25) is 0 Å². The minimum Gasteiger partial charge on any atom is -0.467 e. The van der Waals surface area contributed by atoms with Gasteiger partial charge in [-0.1, -0.05) is 6.92 Å². The summed E-state index contributed by atoms with van der Waals surface area (Å²) >= 11 is 0. The topological polar surface area (TPSA) is 87.9 Å². The van der Waals surface area contributed by atoms with Crippen molar-refractivity contribution >= 4 is 12.2 Å². The van der Waals surface area contributed by atoms with Gasteiger partial charge < -0.3 is 9.62 Å². The Bertz CT molecular complexity index is 487. The first-order chi connectivity index (χ1) is 8.63. The van der Waals surface area contributed by atoms with Crippen LogP contribution in [0, 0.1) is 10.1 Å². The van der Waals surface area contributed by atoms with E-state index in [9.17, 15) is 14.9 Å². The monoisotopic (exact) mass is 253 g/mol. The van der Waals surface area contributed by atoms with Crippen LogP contribution in [0.1, 0.15) is 24.0 Å². The zero-order valence-electron chi connectivity index (χ0n) is 9.62. The molecule has 2 rings (SSSR count). The third-order valence-corrected chi connectivity index (χ3v) is 2.71. The molecule has 1 aromatic carbocycles. The second-order valence-electron chi connectivity index (χ2n) is 3.95. The first-order valence-corrected chi connectivity index (χ1v) is 5.29. The summed E-state index contributed by atoms with van der Waals surface area (Å²) in [5.74, 6) is 0.165. The third-order valence-electron chi connectivity index (χ3n) is 2.71. The number of carbonyl (C=O) groups excluding carboxylic acids is 1. The predicted octanol–water partition coefficient (Wildman–Crippen LogP) is 1.70. The van der Waals surface area contributed by atoms with E-state index < -0.39 is 4.92 Å². The van der Waals surface area contributed by atoms with Crippen molar-refractivity contribution < 1.29 is 24.2 Å². The molecule has 0 aromatic heterocycles. The van der Waals surface area contributed by atoms with E-state index in [1.165, 1.54) is 6.07 Å². The van der Waals surface area contributed by atoms with E-state index in [4.69, 9.17) is 9.78 Å². The van der Waals surface area contributed by atoms with E-state index in [1.54, 1.807) is 13.0 Å². The molecule has 1 heterocycles. The molecule has 0 N–H and O–H groups in total. The molecule has 1 aliphatic rings. The lowest BCUT2D eigenvalue weighted by atomic mass is 9.98. The highest BCUT2D eigenvalue weighted by molar-refractivity contribution is 5.52. The maximum absolute atomic E-state index is 11.0. The van der Waals surface area contributed by atoms with Crippen molar-refractivity contribution in [1.29, 1.82) is 0 Å². The summed E-state index contributed by atoms with van der Waals surface area (Å²) < 4.78 is 4.63. The summed E-state index contributed by atoms with van der Waals surface area (Å²) in [4.78, 5) is 30.3. The van der Waals surface area contributed by atoms with Gasteiger partial charge in [-0.05, 0) is 6.07 Å². The number of nitro benzene ring substituents is 1. The summed E-state index contributed by atoms with van der Waals surface area (Å²) in [6, 6.07) is 2.98. The molecule has 1 atom stereocenters. The van der Waals surface area contributed by atoms with Crippen molar-refractivity contribution in [3.8, 4) is 5.75 Å². The second-order valence-corrected chi connectivity index (χ2v) is 3.95. The highest BCUT2D eigenvalue weighted by Gasteiger charge is 2.26. The van der Waals surface area contributed by atoms with Crippen molar-refractivity contribution in [2.75, 3.05) is 6.61 Å². The summed E-state index contributed by atoms with van der Waals surface area (Å²) in [5, 5.41) is 11.0. The van der Waals surface area contributed by atoms with Gasteiger partial charge in [-0.25, -0.2) is 0 Å². The molecule has 0 radical (unpaired) electrons. The smallest absolute Gasteiger partial charge is 0.293 e. The maximum atomic E-state index is 11.0. The van der Waals surface area contributed by atoms with Crippen molar-refractivity contribution in [3.63, 3.8) is 0 Å². The van der Waals surface area contributed by atoms with Crippen molar-refractivity contribution in [1.82, 2.24) is 0 Å². The van der Waals surface area contributed by atoms with Crippen LogP contribution < -0.4 is 4.89 Å². The molecule has 0 saturated carbocycles. The number of nitrogens with zero attached hydrogens (tertiary/aromatic N) is 1. The minimum absolute atomic E-state index is 0.0233. The fraction of sp³-hybridized carbons (Fsp3) is 0.364. The molecule has 1 aromatic rings. The van der Waals surface area contributed by atoms with Crippen LogP contribution in [0.4, 0.5) is 5.69 Å². The van der Waals surface area contributed by atoms with Crippen LogP contribution in [0.15, 0.2) is 12.1 Å². The predicted molar refractivity (Wildman–Crippen MR) is 58.9 cm³/mol. The van der Waals surface area contributed by atoms with Gasteiger partial charge in [0.05, 0.1) is 11.5 Å². The average Bonchev–Trinajstić information content (AvgIpc) is 2.81. The Morgan fingerprint density at radius 2 is 2.39 bits per heavy atom. The number of hydrogen-bond acceptors (Lipinski definition) is 6. The van der Waals surface area contributed by atoms with Crippen molar-refractivity contribution in [2.24, 2.45) is 0 Å². The number of nitro groups is 1. The standard InChI is InChI=1S/C11H11NO6/c1-7(4-16-6-13)9-3-11-8(5-17-18-11)2-10(9)12(14)15/h2-3,6-7H,4-5H2,1H3. The summed E-state index contributed by atoms with van der Waals surface area (Å²) in [6.45, 7) is 2.31. The van der Waals surface area contributed by atoms with Crippen molar-refractivity contribution in [2.45, 2.75) is 19.4 Å². The quantitative estimate of drug-likeness (QED) is 0.343. The fourth-order valence-electron chi connectivity index (χ4n) is 1.80. The number of ether oxygens (including phenoxy) is 1. The van der Waals surface area contributed by atoms with Gasteiger partial charge in [0.1, 0.15) is 6.61 Å². The van der Waals surface area contributed by atoms with Crippen LogP contribution in [0.5, 0.6) is 5.75 Å². The van der Waals surface area contributed by atoms with E-state index in [0.29, 0.717) is 23.3 Å². The highest BCUT2D eigenvalue weighted by atomic mass is 17.2. The number of fused-ring (bicyclic) bond motifs is 1. The first kappa shape index (κ1) is 12.3. The van der Waals surface area contributed by atoms with Gasteiger partial charge in [-0.2, -0.15) is 4.89 Å². The zero-order chi connectivity index (χ0) is 13.1. The lowest BCUT2D eigenvalue weighted by Crippen LogP contribution is -2.07. The van der Waals surface area contributed by atoms with Gasteiger partial charge in [0.15, 0.2) is 5.75 Å². The normalized spacial score (nSPS) is 14.5. The molecule has 1 unspecified atom stereocenters. The summed E-state index contributed by atoms with van der Waals surface area (Å²) in [7, 11) is 0. The maximum Gasteiger partial charge on any atom is 0.293 e. The molecular weight excluding hydrogens is 242 g/mol. The molecule has 96 valence electrons. The molecular formula is C11H11NO6. The third kappa shape index (κ3) is 2.25. The summed E-state index contributed by atoms with van der Waals surface area (Å²) in [6.07, 6.45) is 0. The molecule has 0 aliphatic carbocycles. The van der Waals surface area contributed by atoms with Crippen LogP contribution >= 0.6 is 0 Å². The van der Waals surface area contributed by atoms with Gasteiger partial charge in [0.2, 0.25) is 0 Å². The Labute approximate surface area is 102 Å². The number of benzene rings is 1. The van der Waals surface area contributed by atoms with E-state index in [1.807, 2.05) is 0 Å². The van der Waals surface area contributed by atoms with Crippen LogP contribution in [0.25, 0.3) is 0 Å². The van der Waals surface area contributed by atoms with E-state index in [0.717, 1.165) is 0 Å². The van der Waals surface area contributed by atoms with Crippen LogP contribution in [0.3, 0.4) is 0 Å². The largest absolute Gasteiger partial charge is 0.467 e. The molecule has 0 bridgehead atoms. The first-order valence-electron chi connectivity index (χ1n) is 5.29. The molecule has 1 aliphatic heterocycles. The number of carbonyl (C=O) groups is 1. The Kier molecular flexibility index (Phi) is 3.42. The Hall–Kier alpha value is -2.15. The zero-order valence-corrected chi connectivity index (χ0v) is 9.62. The molecule has 0 fully saturated rings. The Morgan fingerprint density at radius 1 is 1.61 bits per heavy atom. The van der Waals surface area contributed by atoms with Gasteiger partial charge >= 0.3 is 0 Å². The highest BCUT2D eigenvalue weighted by Crippen LogP contribution is 2.36. The molecule has 0 spiro atoms. The molecule has 7 heteroatoms. The Balaban J connectivity index is 2.37. The van der Waals surface area contributed by atoms with Gasteiger partial charge in [0, 0.05) is 23.1 Å². The van der Waals surface area contributed by atoms with Crippen LogP contribution in [-0.4, -0.2) is 18.0 Å². The van der Waals surface area contributed by atoms with E-state index in [-0.39, 0.29) is 24.8 Å². The van der Waals surface area contributed by atoms with Crippen LogP contribution in [-0.2, 0) is 21.0 Å². The molecule has 18 heavy (non-hydrogen) atoms. The van der Waals surface area contributed by atoms with Gasteiger partial charge in [0.25, 0.3) is 12.2 Å². The van der Waals surface area contributed by atoms with E-state index in [2.05, 4.69) is 4.74 Å². The minimum atomic E-state index is -0.467. The lowest BCUT2D eigenvalue weighted by molar-refractivity contribution is -0.385. The van der Waals surface area contributed by atoms with Gasteiger partial charge in [-0.15, -0.1) is 0 Å². The summed E-state index contributed by atoms with van der Waals surface area (Å²) in [5.41, 5.74) is 1.06. The van der Waals surface area contributed by atoms with Crippen molar-refractivity contribution in [3.05, 3.63) is 33.4 Å². The Morgan fingerprint density at radius 3 is 3.06 bits per heavy atom.